The van der Waals surface area contributed by atoms with Crippen molar-refractivity contribution in [2.45, 2.75) is 39.5 Å². The summed E-state index contributed by atoms with van der Waals surface area (Å²) in [7, 11) is 0. The normalized spacial score (nSPS) is 10.9. The van der Waals surface area contributed by atoms with Crippen LogP contribution in [-0.4, -0.2) is 5.78 Å². The van der Waals surface area contributed by atoms with Crippen LogP contribution in [0.5, 0.6) is 0 Å². The molecular weight excluding hydrogens is 216 g/mol. The average molecular weight is 231 g/mol. The molecular formula is C11H15ClOS. The maximum atomic E-state index is 11.2. The first kappa shape index (κ1) is 11.7. The molecule has 0 N–H and O–H groups in total. The third-order valence-corrected chi connectivity index (χ3v) is 4.24. The van der Waals surface area contributed by atoms with Gasteiger partial charge in [-0.1, -0.05) is 25.4 Å². The van der Waals surface area contributed by atoms with Crippen molar-refractivity contribution in [2.75, 3.05) is 0 Å². The molecule has 0 unspecified atom stereocenters. The Morgan fingerprint density at radius 3 is 2.43 bits per heavy atom. The maximum absolute atomic E-state index is 11.2. The molecule has 1 heterocycles. The molecule has 0 saturated heterocycles. The lowest BCUT2D eigenvalue weighted by Gasteiger charge is -2.09. The number of hydrogen-bond donors (Lipinski definition) is 0. The minimum Gasteiger partial charge on any atom is -0.294 e. The number of carbonyl (C=O) groups is 1. The molecule has 0 fully saturated rings. The van der Waals surface area contributed by atoms with Crippen molar-refractivity contribution in [3.05, 3.63) is 20.8 Å². The second-order valence-electron chi connectivity index (χ2n) is 3.39. The zero-order valence-electron chi connectivity index (χ0n) is 8.76. The zero-order valence-corrected chi connectivity index (χ0v) is 10.3. The van der Waals surface area contributed by atoms with Crippen LogP contribution in [0, 0.1) is 0 Å². The molecule has 0 aliphatic rings. The van der Waals surface area contributed by atoms with Crippen LogP contribution in [-0.2, 0) is 0 Å². The lowest BCUT2D eigenvalue weighted by molar-refractivity contribution is 0.102. The van der Waals surface area contributed by atoms with Crippen LogP contribution in [0.2, 0.25) is 5.02 Å². The van der Waals surface area contributed by atoms with Gasteiger partial charge < -0.3 is 0 Å². The van der Waals surface area contributed by atoms with Crippen LogP contribution in [0.25, 0.3) is 0 Å². The van der Waals surface area contributed by atoms with Crippen LogP contribution < -0.4 is 0 Å². The van der Waals surface area contributed by atoms with E-state index in [0.29, 0.717) is 5.92 Å². The molecule has 14 heavy (non-hydrogen) atoms. The molecule has 0 bridgehead atoms. The molecule has 1 aromatic rings. The van der Waals surface area contributed by atoms with Gasteiger partial charge in [-0.25, -0.2) is 0 Å². The SMILES string of the molecule is CCC(CC)c1sc(C(C)=O)cc1Cl. The van der Waals surface area contributed by atoms with E-state index in [1.807, 2.05) is 0 Å². The average Bonchev–Trinajstić information content (AvgIpc) is 2.51. The molecule has 1 nitrogen and oxygen atoms in total. The van der Waals surface area contributed by atoms with E-state index in [1.54, 1.807) is 24.3 Å². The quantitative estimate of drug-likeness (QED) is 0.696. The highest BCUT2D eigenvalue weighted by molar-refractivity contribution is 7.14. The number of thiophene rings is 1. The summed E-state index contributed by atoms with van der Waals surface area (Å²) in [5, 5.41) is 0.758. The van der Waals surface area contributed by atoms with Gasteiger partial charge in [0.25, 0.3) is 0 Å². The van der Waals surface area contributed by atoms with E-state index < -0.39 is 0 Å². The van der Waals surface area contributed by atoms with Crippen LogP contribution in [0.1, 0.15) is 54.1 Å². The summed E-state index contributed by atoms with van der Waals surface area (Å²) in [5.41, 5.74) is 0. The number of carbonyl (C=O) groups excluding carboxylic acids is 1. The van der Waals surface area contributed by atoms with Gasteiger partial charge in [-0.2, -0.15) is 0 Å². The Kier molecular flexibility index (Phi) is 4.14. The first-order chi connectivity index (χ1) is 6.60. The van der Waals surface area contributed by atoms with Gasteiger partial charge in [0.05, 0.1) is 9.90 Å². The van der Waals surface area contributed by atoms with E-state index in [9.17, 15) is 4.79 Å². The van der Waals surface area contributed by atoms with Gasteiger partial charge in [-0.3, -0.25) is 4.79 Å². The van der Waals surface area contributed by atoms with E-state index in [1.165, 1.54) is 4.88 Å². The third-order valence-electron chi connectivity index (χ3n) is 2.42. The molecule has 0 aromatic carbocycles. The monoisotopic (exact) mass is 230 g/mol. The predicted molar refractivity (Wildman–Crippen MR) is 62.7 cm³/mol. The second-order valence-corrected chi connectivity index (χ2v) is 4.88. The van der Waals surface area contributed by atoms with Crippen molar-refractivity contribution in [3.8, 4) is 0 Å². The van der Waals surface area contributed by atoms with Gasteiger partial charge >= 0.3 is 0 Å². The smallest absolute Gasteiger partial charge is 0.169 e. The first-order valence-corrected chi connectivity index (χ1v) is 6.09. The summed E-state index contributed by atoms with van der Waals surface area (Å²) in [6.45, 7) is 5.88. The van der Waals surface area contributed by atoms with Crippen LogP contribution in [0.4, 0.5) is 0 Å². The Morgan fingerprint density at radius 1 is 1.50 bits per heavy atom. The summed E-state index contributed by atoms with van der Waals surface area (Å²) in [5.74, 6) is 0.606. The van der Waals surface area contributed by atoms with E-state index in [-0.39, 0.29) is 5.78 Å². The van der Waals surface area contributed by atoms with Crippen molar-refractivity contribution >= 4 is 28.7 Å². The minimum atomic E-state index is 0.106. The largest absolute Gasteiger partial charge is 0.294 e. The molecule has 3 heteroatoms. The van der Waals surface area contributed by atoms with Crippen LogP contribution in [0.15, 0.2) is 6.07 Å². The van der Waals surface area contributed by atoms with Gasteiger partial charge in [0.15, 0.2) is 5.78 Å². The first-order valence-electron chi connectivity index (χ1n) is 4.90. The predicted octanol–water partition coefficient (Wildman–Crippen LogP) is 4.51. The van der Waals surface area contributed by atoms with Gasteiger partial charge in [0.1, 0.15) is 0 Å². The summed E-state index contributed by atoms with van der Waals surface area (Å²) < 4.78 is 0. The van der Waals surface area contributed by atoms with E-state index in [2.05, 4.69) is 13.8 Å². The number of halogens is 1. The Balaban J connectivity index is 3.02. The molecule has 0 saturated carbocycles. The minimum absolute atomic E-state index is 0.106. The van der Waals surface area contributed by atoms with Gasteiger partial charge in [0.2, 0.25) is 0 Å². The molecule has 0 aliphatic heterocycles. The van der Waals surface area contributed by atoms with Crippen LogP contribution in [0.3, 0.4) is 0 Å². The standard InChI is InChI=1S/C11H15ClOS/c1-4-8(5-2)11-9(12)6-10(14-11)7(3)13/h6,8H,4-5H2,1-3H3. The van der Waals surface area contributed by atoms with Crippen LogP contribution >= 0.6 is 22.9 Å². The fourth-order valence-corrected chi connectivity index (χ4v) is 3.15. The molecule has 0 radical (unpaired) electrons. The second kappa shape index (κ2) is 4.94. The molecule has 1 rings (SSSR count). The molecule has 0 atom stereocenters. The van der Waals surface area contributed by atoms with Crippen molar-refractivity contribution < 1.29 is 4.79 Å². The lowest BCUT2D eigenvalue weighted by Crippen LogP contribution is -1.91. The van der Waals surface area contributed by atoms with Crippen molar-refractivity contribution in [1.82, 2.24) is 0 Å². The molecule has 1 aromatic heterocycles. The van der Waals surface area contributed by atoms with Gasteiger partial charge in [-0.05, 0) is 31.7 Å². The van der Waals surface area contributed by atoms with E-state index >= 15 is 0 Å². The summed E-state index contributed by atoms with van der Waals surface area (Å²) >= 11 is 7.64. The summed E-state index contributed by atoms with van der Waals surface area (Å²) in [6, 6.07) is 1.79. The number of Topliss-reactive ketones (excluding diaryl/α,β-unsaturated/α-hetero) is 1. The van der Waals surface area contributed by atoms with E-state index in [0.717, 1.165) is 22.7 Å². The summed E-state index contributed by atoms with van der Waals surface area (Å²) in [6.07, 6.45) is 2.15. The topological polar surface area (TPSA) is 17.1 Å². The highest BCUT2D eigenvalue weighted by Crippen LogP contribution is 2.36. The Bertz CT molecular complexity index is 326. The Morgan fingerprint density at radius 2 is 2.07 bits per heavy atom. The molecule has 0 aliphatic carbocycles. The van der Waals surface area contributed by atoms with Crippen molar-refractivity contribution in [3.63, 3.8) is 0 Å². The van der Waals surface area contributed by atoms with Crippen molar-refractivity contribution in [2.24, 2.45) is 0 Å². The van der Waals surface area contributed by atoms with Gasteiger partial charge in [-0.15, -0.1) is 11.3 Å². The third kappa shape index (κ3) is 2.37. The highest BCUT2D eigenvalue weighted by atomic mass is 35.5. The highest BCUT2D eigenvalue weighted by Gasteiger charge is 2.16. The van der Waals surface area contributed by atoms with Gasteiger partial charge in [0, 0.05) is 4.88 Å². The lowest BCUT2D eigenvalue weighted by atomic mass is 10.0. The number of ketones is 1. The zero-order chi connectivity index (χ0) is 10.7. The fourth-order valence-electron chi connectivity index (χ4n) is 1.49. The van der Waals surface area contributed by atoms with Crippen molar-refractivity contribution in [1.29, 1.82) is 0 Å². The Hall–Kier alpha value is -0.340. The number of hydrogen-bond acceptors (Lipinski definition) is 2. The Labute approximate surface area is 94.1 Å². The molecule has 0 amide bonds. The number of rotatable bonds is 4. The van der Waals surface area contributed by atoms with E-state index in [4.69, 9.17) is 11.6 Å². The fraction of sp³-hybridized carbons (Fsp3) is 0.545. The molecule has 78 valence electrons. The molecule has 0 spiro atoms. The summed E-state index contributed by atoms with van der Waals surface area (Å²) in [4.78, 5) is 13.1. The maximum Gasteiger partial charge on any atom is 0.169 e.